The van der Waals surface area contributed by atoms with Gasteiger partial charge in [0.25, 0.3) is 0 Å². The first-order valence-corrected chi connectivity index (χ1v) is 5.83. The van der Waals surface area contributed by atoms with Crippen LogP contribution in [-0.4, -0.2) is 21.2 Å². The van der Waals surface area contributed by atoms with Gasteiger partial charge in [-0.1, -0.05) is 6.07 Å². The molecule has 0 aliphatic rings. The molecule has 1 aromatic heterocycles. The molecule has 7 heteroatoms. The Morgan fingerprint density at radius 1 is 1.47 bits per heavy atom. The van der Waals surface area contributed by atoms with Crippen molar-refractivity contribution in [3.05, 3.63) is 46.3 Å². The normalized spacial score (nSPS) is 10.4. The van der Waals surface area contributed by atoms with Crippen molar-refractivity contribution in [2.45, 2.75) is 6.42 Å². The lowest BCUT2D eigenvalue weighted by atomic mass is 10.2. The van der Waals surface area contributed by atoms with Crippen LogP contribution in [0.4, 0.5) is 17.1 Å². The molecule has 0 amide bonds. The second kappa shape index (κ2) is 5.38. The van der Waals surface area contributed by atoms with Crippen LogP contribution in [0.2, 0.25) is 0 Å². The molecule has 0 spiro atoms. The Bertz CT molecular complexity index is 594. The summed E-state index contributed by atoms with van der Waals surface area (Å²) in [5, 5.41) is 18.1. The molecular weight excluding hydrogens is 246 g/mol. The number of nitrogen functional groups attached to an aromatic ring is 1. The lowest BCUT2D eigenvalue weighted by molar-refractivity contribution is -0.383. The van der Waals surface area contributed by atoms with E-state index in [1.807, 2.05) is 13.1 Å². The molecule has 0 bridgehead atoms. The summed E-state index contributed by atoms with van der Waals surface area (Å²) >= 11 is 0. The average molecular weight is 261 g/mol. The zero-order valence-corrected chi connectivity index (χ0v) is 10.5. The van der Waals surface area contributed by atoms with Gasteiger partial charge in [0.1, 0.15) is 11.4 Å². The van der Waals surface area contributed by atoms with Crippen LogP contribution in [-0.2, 0) is 13.5 Å². The van der Waals surface area contributed by atoms with Gasteiger partial charge in [0.05, 0.1) is 4.92 Å². The average Bonchev–Trinajstić information content (AvgIpc) is 2.75. The number of nitrogens with one attached hydrogen (secondary N) is 1. The number of para-hydroxylation sites is 1. The van der Waals surface area contributed by atoms with E-state index in [0.29, 0.717) is 12.2 Å². The minimum absolute atomic E-state index is 0.0764. The Balaban J connectivity index is 2.06. The van der Waals surface area contributed by atoms with Gasteiger partial charge in [-0.15, -0.1) is 0 Å². The smallest absolute Gasteiger partial charge is 0.314 e. The highest BCUT2D eigenvalue weighted by Gasteiger charge is 2.17. The number of benzene rings is 1. The molecule has 7 nitrogen and oxygen atoms in total. The van der Waals surface area contributed by atoms with Gasteiger partial charge in [-0.3, -0.25) is 14.8 Å². The standard InChI is InChI=1S/C12H15N5O2/c1-16-9(6-8-15-16)5-7-14-11-4-2-3-10(13)12(11)17(18)19/h2-4,6,8,14H,5,7,13H2,1H3. The second-order valence-electron chi connectivity index (χ2n) is 4.12. The van der Waals surface area contributed by atoms with E-state index in [0.717, 1.165) is 12.1 Å². The molecule has 0 unspecified atom stereocenters. The largest absolute Gasteiger partial charge is 0.393 e. The molecule has 0 fully saturated rings. The number of aromatic nitrogens is 2. The van der Waals surface area contributed by atoms with Crippen molar-refractivity contribution in [2.75, 3.05) is 17.6 Å². The van der Waals surface area contributed by atoms with Crippen LogP contribution in [0.3, 0.4) is 0 Å². The van der Waals surface area contributed by atoms with E-state index in [2.05, 4.69) is 10.4 Å². The van der Waals surface area contributed by atoms with Crippen molar-refractivity contribution in [2.24, 2.45) is 7.05 Å². The van der Waals surface area contributed by atoms with Gasteiger partial charge in [0.15, 0.2) is 0 Å². The van der Waals surface area contributed by atoms with E-state index in [9.17, 15) is 10.1 Å². The summed E-state index contributed by atoms with van der Waals surface area (Å²) in [5.41, 5.74) is 7.19. The zero-order valence-electron chi connectivity index (χ0n) is 10.5. The third kappa shape index (κ3) is 2.82. The predicted octanol–water partition coefficient (Wildman–Crippen LogP) is 1.57. The fraction of sp³-hybridized carbons (Fsp3) is 0.250. The summed E-state index contributed by atoms with van der Waals surface area (Å²) in [6.45, 7) is 0.573. The van der Waals surface area contributed by atoms with Gasteiger partial charge in [-0.2, -0.15) is 5.10 Å². The van der Waals surface area contributed by atoms with Crippen LogP contribution >= 0.6 is 0 Å². The van der Waals surface area contributed by atoms with Gasteiger partial charge in [0.2, 0.25) is 0 Å². The highest BCUT2D eigenvalue weighted by molar-refractivity contribution is 5.74. The van der Waals surface area contributed by atoms with Crippen LogP contribution in [0, 0.1) is 10.1 Å². The number of nitro benzene ring substituents is 1. The van der Waals surface area contributed by atoms with E-state index in [1.165, 1.54) is 6.07 Å². The Hall–Kier alpha value is -2.57. The van der Waals surface area contributed by atoms with Crippen LogP contribution in [0.1, 0.15) is 5.69 Å². The second-order valence-corrected chi connectivity index (χ2v) is 4.12. The van der Waals surface area contributed by atoms with E-state index in [1.54, 1.807) is 23.0 Å². The maximum absolute atomic E-state index is 11.0. The van der Waals surface area contributed by atoms with Crippen molar-refractivity contribution < 1.29 is 4.92 Å². The fourth-order valence-electron chi connectivity index (χ4n) is 1.88. The molecule has 0 saturated carbocycles. The van der Waals surface area contributed by atoms with Crippen LogP contribution in [0.15, 0.2) is 30.5 Å². The molecule has 2 rings (SSSR count). The molecule has 0 aliphatic carbocycles. The summed E-state index contributed by atoms with van der Waals surface area (Å²) in [5.74, 6) is 0. The Morgan fingerprint density at radius 2 is 2.26 bits per heavy atom. The number of nitro groups is 1. The van der Waals surface area contributed by atoms with Crippen molar-refractivity contribution in [3.63, 3.8) is 0 Å². The van der Waals surface area contributed by atoms with Crippen LogP contribution in [0.25, 0.3) is 0 Å². The fourth-order valence-corrected chi connectivity index (χ4v) is 1.88. The van der Waals surface area contributed by atoms with Crippen molar-refractivity contribution in [1.82, 2.24) is 9.78 Å². The number of rotatable bonds is 5. The van der Waals surface area contributed by atoms with Gasteiger partial charge >= 0.3 is 5.69 Å². The Labute approximate surface area is 110 Å². The topological polar surface area (TPSA) is 99.0 Å². The molecule has 0 atom stereocenters. The molecule has 100 valence electrons. The van der Waals surface area contributed by atoms with Crippen LogP contribution < -0.4 is 11.1 Å². The molecule has 19 heavy (non-hydrogen) atoms. The van der Waals surface area contributed by atoms with E-state index in [4.69, 9.17) is 5.73 Å². The maximum Gasteiger partial charge on any atom is 0.314 e. The quantitative estimate of drug-likeness (QED) is 0.483. The number of hydrogen-bond acceptors (Lipinski definition) is 5. The van der Waals surface area contributed by atoms with Crippen molar-refractivity contribution >= 4 is 17.1 Å². The number of nitrogens with zero attached hydrogens (tertiary/aromatic N) is 3. The minimum atomic E-state index is -0.470. The van der Waals surface area contributed by atoms with E-state index in [-0.39, 0.29) is 11.4 Å². The minimum Gasteiger partial charge on any atom is -0.393 e. The molecule has 0 aliphatic heterocycles. The van der Waals surface area contributed by atoms with Gasteiger partial charge in [0, 0.05) is 31.9 Å². The van der Waals surface area contributed by atoms with Gasteiger partial charge in [-0.05, 0) is 18.2 Å². The first-order chi connectivity index (χ1) is 9.09. The van der Waals surface area contributed by atoms with Gasteiger partial charge in [-0.25, -0.2) is 0 Å². The first-order valence-electron chi connectivity index (χ1n) is 5.83. The summed E-state index contributed by atoms with van der Waals surface area (Å²) in [6.07, 6.45) is 2.45. The molecule has 1 heterocycles. The summed E-state index contributed by atoms with van der Waals surface area (Å²) in [7, 11) is 1.86. The lowest BCUT2D eigenvalue weighted by Crippen LogP contribution is -2.10. The maximum atomic E-state index is 11.0. The zero-order chi connectivity index (χ0) is 13.8. The van der Waals surface area contributed by atoms with Crippen LogP contribution in [0.5, 0.6) is 0 Å². The third-order valence-corrected chi connectivity index (χ3v) is 2.87. The number of nitrogens with two attached hydrogens (primary N) is 1. The van der Waals surface area contributed by atoms with E-state index < -0.39 is 4.92 Å². The Morgan fingerprint density at radius 3 is 2.89 bits per heavy atom. The highest BCUT2D eigenvalue weighted by Crippen LogP contribution is 2.30. The van der Waals surface area contributed by atoms with Crippen molar-refractivity contribution in [1.29, 1.82) is 0 Å². The number of aryl methyl sites for hydroxylation is 1. The Kier molecular flexibility index (Phi) is 3.65. The number of anilines is 2. The molecule has 0 saturated heterocycles. The van der Waals surface area contributed by atoms with Gasteiger partial charge < -0.3 is 11.1 Å². The molecular formula is C12H15N5O2. The third-order valence-electron chi connectivity index (χ3n) is 2.87. The van der Waals surface area contributed by atoms with Crippen molar-refractivity contribution in [3.8, 4) is 0 Å². The first kappa shape index (κ1) is 12.9. The lowest BCUT2D eigenvalue weighted by Gasteiger charge is -2.08. The molecule has 1 aromatic carbocycles. The SMILES string of the molecule is Cn1nccc1CCNc1cccc(N)c1[N+](=O)[O-]. The predicted molar refractivity (Wildman–Crippen MR) is 72.9 cm³/mol. The highest BCUT2D eigenvalue weighted by atomic mass is 16.6. The molecule has 3 N–H and O–H groups in total. The molecule has 0 radical (unpaired) electrons. The summed E-state index contributed by atoms with van der Waals surface area (Å²) in [4.78, 5) is 10.5. The number of hydrogen-bond donors (Lipinski definition) is 2. The molecule has 2 aromatic rings. The summed E-state index contributed by atoms with van der Waals surface area (Å²) < 4.78 is 1.77. The van der Waals surface area contributed by atoms with E-state index >= 15 is 0 Å². The monoisotopic (exact) mass is 261 g/mol. The summed E-state index contributed by atoms with van der Waals surface area (Å²) in [6, 6.07) is 6.77.